The van der Waals surface area contributed by atoms with Crippen LogP contribution in [-0.4, -0.2) is 72.7 Å². The monoisotopic (exact) mass is 506 g/mol. The maximum absolute atomic E-state index is 11.3. The lowest BCUT2D eigenvalue weighted by Crippen LogP contribution is -2.39. The fraction of sp³-hybridized carbons (Fsp3) is 0.938. The summed E-state index contributed by atoms with van der Waals surface area (Å²) in [6.07, 6.45) is 2.68. The smallest absolute Gasteiger partial charge is 0.211 e. The summed E-state index contributed by atoms with van der Waals surface area (Å²) in [5.41, 5.74) is 0. The Morgan fingerprint density at radius 3 is 2.69 bits per heavy atom. The fourth-order valence-corrected chi connectivity index (χ4v) is 2.95. The fourth-order valence-electron chi connectivity index (χ4n) is 2.29. The van der Waals surface area contributed by atoms with Gasteiger partial charge in [-0.1, -0.05) is 0 Å². The van der Waals surface area contributed by atoms with Crippen LogP contribution in [0, 0.1) is 5.92 Å². The molecule has 0 bridgehead atoms. The van der Waals surface area contributed by atoms with Gasteiger partial charge in [0.25, 0.3) is 0 Å². The van der Waals surface area contributed by atoms with Crippen molar-refractivity contribution in [3.05, 3.63) is 0 Å². The maximum Gasteiger partial charge on any atom is 0.211 e. The minimum atomic E-state index is -3.11. The number of hydrogen-bond acceptors (Lipinski definition) is 5. The zero-order chi connectivity index (χ0) is 18.4. The molecule has 1 heterocycles. The van der Waals surface area contributed by atoms with Crippen molar-refractivity contribution in [3.63, 3.8) is 0 Å². The third kappa shape index (κ3) is 13.1. The number of nitrogens with one attached hydrogen (secondary N) is 3. The van der Waals surface area contributed by atoms with Crippen LogP contribution in [0.25, 0.3) is 0 Å². The topological polar surface area (TPSA) is 101 Å². The van der Waals surface area contributed by atoms with Gasteiger partial charge in [-0.3, -0.25) is 4.99 Å². The van der Waals surface area contributed by atoms with Crippen molar-refractivity contribution in [2.45, 2.75) is 33.1 Å². The number of hydrogen-bond donors (Lipinski definition) is 3. The summed E-state index contributed by atoms with van der Waals surface area (Å²) in [7, 11) is -3.11. The van der Waals surface area contributed by atoms with Crippen LogP contribution >= 0.6 is 24.0 Å². The Labute approximate surface area is 175 Å². The van der Waals surface area contributed by atoms with Gasteiger partial charge in [-0.15, -0.1) is 24.0 Å². The molecule has 0 amide bonds. The molecular weight excluding hydrogens is 471 g/mol. The molecule has 0 aromatic rings. The van der Waals surface area contributed by atoms with Crippen molar-refractivity contribution in [1.82, 2.24) is 15.4 Å². The first kappa shape index (κ1) is 25.8. The molecule has 1 unspecified atom stereocenters. The molecule has 1 fully saturated rings. The van der Waals surface area contributed by atoms with Gasteiger partial charge in [0, 0.05) is 45.3 Å². The van der Waals surface area contributed by atoms with Crippen molar-refractivity contribution in [1.29, 1.82) is 0 Å². The molecule has 1 aliphatic heterocycles. The number of rotatable bonds is 13. The first-order chi connectivity index (χ1) is 12.1. The van der Waals surface area contributed by atoms with E-state index in [0.29, 0.717) is 38.6 Å². The van der Waals surface area contributed by atoms with Gasteiger partial charge >= 0.3 is 0 Å². The molecule has 0 saturated carbocycles. The van der Waals surface area contributed by atoms with E-state index in [9.17, 15) is 8.42 Å². The van der Waals surface area contributed by atoms with Crippen LogP contribution in [0.1, 0.15) is 33.1 Å². The van der Waals surface area contributed by atoms with E-state index in [2.05, 4.69) is 20.3 Å². The van der Waals surface area contributed by atoms with E-state index in [4.69, 9.17) is 9.47 Å². The van der Waals surface area contributed by atoms with E-state index < -0.39 is 10.0 Å². The Hall–Kier alpha value is -0.170. The average Bonchev–Trinajstić information content (AvgIpc) is 3.10. The normalized spacial score (nSPS) is 17.8. The number of halogens is 1. The van der Waals surface area contributed by atoms with Gasteiger partial charge in [-0.25, -0.2) is 13.1 Å². The molecule has 0 aliphatic carbocycles. The molecule has 0 aromatic heterocycles. The maximum atomic E-state index is 11.3. The Balaban J connectivity index is 0.00000625. The van der Waals surface area contributed by atoms with Crippen molar-refractivity contribution in [3.8, 4) is 0 Å². The van der Waals surface area contributed by atoms with E-state index in [1.54, 1.807) is 6.92 Å². The van der Waals surface area contributed by atoms with Crippen LogP contribution in [0.2, 0.25) is 0 Å². The van der Waals surface area contributed by atoms with E-state index in [0.717, 1.165) is 45.2 Å². The first-order valence-corrected chi connectivity index (χ1v) is 10.9. The second-order valence-corrected chi connectivity index (χ2v) is 8.09. The third-order valence-electron chi connectivity index (χ3n) is 3.79. The quantitative estimate of drug-likeness (QED) is 0.149. The van der Waals surface area contributed by atoms with E-state index in [-0.39, 0.29) is 29.7 Å². The molecular formula is C16H35IN4O4S. The molecule has 8 nitrogen and oxygen atoms in total. The van der Waals surface area contributed by atoms with Crippen LogP contribution in [0.3, 0.4) is 0 Å². The number of ether oxygens (including phenoxy) is 2. The van der Waals surface area contributed by atoms with Gasteiger partial charge in [0.05, 0.1) is 19.0 Å². The molecule has 3 N–H and O–H groups in total. The Kier molecular flexibility index (Phi) is 15.7. The largest absolute Gasteiger partial charge is 0.381 e. The molecule has 0 radical (unpaired) electrons. The predicted octanol–water partition coefficient (Wildman–Crippen LogP) is 0.932. The van der Waals surface area contributed by atoms with Crippen molar-refractivity contribution in [2.75, 3.05) is 58.4 Å². The molecule has 0 aromatic carbocycles. The van der Waals surface area contributed by atoms with Crippen molar-refractivity contribution in [2.24, 2.45) is 10.9 Å². The zero-order valence-electron chi connectivity index (χ0n) is 16.0. The second-order valence-electron chi connectivity index (χ2n) is 6.00. The Morgan fingerprint density at radius 1 is 1.23 bits per heavy atom. The van der Waals surface area contributed by atoms with E-state index >= 15 is 0 Å². The lowest BCUT2D eigenvalue weighted by atomic mass is 10.1. The Bertz CT molecular complexity index is 471. The summed E-state index contributed by atoms with van der Waals surface area (Å²) >= 11 is 0. The SMILES string of the molecule is CCNC(=NCCCOCC1CCOC1)NCCCNS(=O)(=O)CC.I. The van der Waals surface area contributed by atoms with E-state index in [1.165, 1.54) is 0 Å². The summed E-state index contributed by atoms with van der Waals surface area (Å²) < 4.78 is 36.2. The molecule has 1 aliphatic rings. The number of guanidine groups is 1. The molecule has 0 spiro atoms. The van der Waals surface area contributed by atoms with Gasteiger partial charge in [0.1, 0.15) is 0 Å². The van der Waals surface area contributed by atoms with Gasteiger partial charge in [0.15, 0.2) is 5.96 Å². The van der Waals surface area contributed by atoms with Crippen LogP contribution in [0.15, 0.2) is 4.99 Å². The molecule has 1 saturated heterocycles. The van der Waals surface area contributed by atoms with Gasteiger partial charge in [0.2, 0.25) is 10.0 Å². The molecule has 1 atom stereocenters. The predicted molar refractivity (Wildman–Crippen MR) is 116 cm³/mol. The number of sulfonamides is 1. The zero-order valence-corrected chi connectivity index (χ0v) is 19.1. The lowest BCUT2D eigenvalue weighted by Gasteiger charge is -2.12. The highest BCUT2D eigenvalue weighted by molar-refractivity contribution is 14.0. The van der Waals surface area contributed by atoms with Gasteiger partial charge < -0.3 is 20.1 Å². The molecule has 26 heavy (non-hydrogen) atoms. The van der Waals surface area contributed by atoms with Gasteiger partial charge in [-0.2, -0.15) is 0 Å². The molecule has 10 heteroatoms. The highest BCUT2D eigenvalue weighted by atomic mass is 127. The highest BCUT2D eigenvalue weighted by Crippen LogP contribution is 2.12. The summed E-state index contributed by atoms with van der Waals surface area (Å²) in [5, 5.41) is 6.39. The summed E-state index contributed by atoms with van der Waals surface area (Å²) in [6, 6.07) is 0. The molecule has 156 valence electrons. The first-order valence-electron chi connectivity index (χ1n) is 9.22. The average molecular weight is 506 g/mol. The van der Waals surface area contributed by atoms with Crippen LogP contribution in [-0.2, 0) is 19.5 Å². The van der Waals surface area contributed by atoms with Crippen LogP contribution < -0.4 is 15.4 Å². The van der Waals surface area contributed by atoms with Gasteiger partial charge in [-0.05, 0) is 33.1 Å². The van der Waals surface area contributed by atoms with E-state index in [1.807, 2.05) is 6.92 Å². The summed E-state index contributed by atoms with van der Waals surface area (Å²) in [6.45, 7) is 9.37. The van der Waals surface area contributed by atoms with Crippen molar-refractivity contribution < 1.29 is 17.9 Å². The highest BCUT2D eigenvalue weighted by Gasteiger charge is 2.15. The summed E-state index contributed by atoms with van der Waals surface area (Å²) in [4.78, 5) is 4.50. The Morgan fingerprint density at radius 2 is 2.04 bits per heavy atom. The minimum Gasteiger partial charge on any atom is -0.381 e. The lowest BCUT2D eigenvalue weighted by molar-refractivity contribution is 0.0893. The summed E-state index contributed by atoms with van der Waals surface area (Å²) in [5.74, 6) is 1.41. The number of nitrogens with zero attached hydrogens (tertiary/aromatic N) is 1. The number of aliphatic imine (C=N–C) groups is 1. The van der Waals surface area contributed by atoms with Crippen LogP contribution in [0.5, 0.6) is 0 Å². The minimum absolute atomic E-state index is 0. The standard InChI is InChI=1S/C16H34N4O4S.HI/c1-3-17-16(18-8-5-10-20-25(21,22)4-2)19-9-6-11-23-13-15-7-12-24-14-15;/h15,20H,3-14H2,1-2H3,(H2,17,18,19);1H. The molecule has 1 rings (SSSR count). The third-order valence-corrected chi connectivity index (χ3v) is 5.19. The van der Waals surface area contributed by atoms with Crippen LogP contribution in [0.4, 0.5) is 0 Å². The second kappa shape index (κ2) is 15.8. The van der Waals surface area contributed by atoms with Crippen molar-refractivity contribution >= 4 is 40.0 Å².